The van der Waals surface area contributed by atoms with Gasteiger partial charge >= 0.3 is 6.61 Å². The number of halogens is 2. The van der Waals surface area contributed by atoms with Gasteiger partial charge in [-0.3, -0.25) is 9.59 Å². The summed E-state index contributed by atoms with van der Waals surface area (Å²) in [5.74, 6) is -0.115. The molecule has 2 aliphatic rings. The van der Waals surface area contributed by atoms with Crippen LogP contribution in [-0.4, -0.2) is 25.4 Å². The van der Waals surface area contributed by atoms with Crippen molar-refractivity contribution in [2.45, 2.75) is 38.7 Å². The van der Waals surface area contributed by atoms with E-state index >= 15 is 0 Å². The zero-order chi connectivity index (χ0) is 18.0. The fraction of sp³-hybridized carbons (Fsp3) is 0.556. The second-order valence-corrected chi connectivity index (χ2v) is 6.63. The molecule has 1 unspecified atom stereocenters. The number of methoxy groups -OCH3 is 1. The number of alkyl halides is 2. The Labute approximate surface area is 144 Å². The number of nitrogens with one attached hydrogen (secondary N) is 1. The molecule has 1 aromatic carbocycles. The summed E-state index contributed by atoms with van der Waals surface area (Å²) in [7, 11) is 1.35. The molecule has 0 spiro atoms. The Morgan fingerprint density at radius 2 is 1.88 bits per heavy atom. The Kier molecular flexibility index (Phi) is 5.20. The summed E-state index contributed by atoms with van der Waals surface area (Å²) in [6.07, 6.45) is 3.89. The van der Waals surface area contributed by atoms with Crippen molar-refractivity contribution in [3.8, 4) is 11.5 Å². The highest BCUT2D eigenvalue weighted by Crippen LogP contribution is 2.40. The summed E-state index contributed by atoms with van der Waals surface area (Å²) < 4.78 is 34.4. The number of rotatable bonds is 5. The average Bonchev–Trinajstić information content (AvgIpc) is 2.54. The Morgan fingerprint density at radius 1 is 1.20 bits per heavy atom. The molecule has 3 atom stereocenters. The third kappa shape index (κ3) is 3.91. The molecular formula is C18H21F2NO4. The first kappa shape index (κ1) is 17.6. The smallest absolute Gasteiger partial charge is 0.387 e. The highest BCUT2D eigenvalue weighted by Gasteiger charge is 2.41. The highest BCUT2D eigenvalue weighted by molar-refractivity contribution is 5.95. The number of fused-ring (bicyclic) bond motifs is 2. The standard InChI is InChI=1S/C18H21F2NO4/c1-24-14-6-5-13(9-15(14)25-18(19)20)21-17(23)12-7-10-3-2-4-11(8-12)16(10)22/h5-6,9-12,18H,2-4,7-8H2,1H3,(H,21,23)/t10-,11+,12?. The van der Waals surface area contributed by atoms with Crippen LogP contribution in [0.3, 0.4) is 0 Å². The molecule has 0 heterocycles. The third-order valence-corrected chi connectivity index (χ3v) is 5.07. The van der Waals surface area contributed by atoms with Crippen molar-refractivity contribution >= 4 is 17.4 Å². The van der Waals surface area contributed by atoms with Crippen LogP contribution in [0.2, 0.25) is 0 Å². The van der Waals surface area contributed by atoms with E-state index in [9.17, 15) is 18.4 Å². The van der Waals surface area contributed by atoms with Crippen molar-refractivity contribution in [3.63, 3.8) is 0 Å². The van der Waals surface area contributed by atoms with Crippen LogP contribution in [0.15, 0.2) is 18.2 Å². The second kappa shape index (κ2) is 7.37. The van der Waals surface area contributed by atoms with Gasteiger partial charge in [-0.15, -0.1) is 0 Å². The Morgan fingerprint density at radius 3 is 2.48 bits per heavy atom. The van der Waals surface area contributed by atoms with E-state index in [0.29, 0.717) is 24.3 Å². The normalized spacial score (nSPS) is 25.6. The summed E-state index contributed by atoms with van der Waals surface area (Å²) in [5, 5.41) is 2.75. The molecule has 7 heteroatoms. The van der Waals surface area contributed by atoms with E-state index in [1.165, 1.54) is 19.2 Å². The molecule has 2 bridgehead atoms. The topological polar surface area (TPSA) is 64.6 Å². The SMILES string of the molecule is COc1ccc(NC(=O)C2C[C@H]3CCC[C@@H](C2)C3=O)cc1OC(F)F. The maximum absolute atomic E-state index is 12.6. The van der Waals surface area contributed by atoms with Crippen LogP contribution in [0.1, 0.15) is 32.1 Å². The number of carbonyl (C=O) groups is 2. The fourth-order valence-corrected chi connectivity index (χ4v) is 3.88. The number of benzene rings is 1. The minimum absolute atomic E-state index is 0.0168. The lowest BCUT2D eigenvalue weighted by Gasteiger charge is -2.36. The highest BCUT2D eigenvalue weighted by atomic mass is 19.3. The van der Waals surface area contributed by atoms with Crippen LogP contribution in [0.4, 0.5) is 14.5 Å². The summed E-state index contributed by atoms with van der Waals surface area (Å²) in [5.41, 5.74) is 0.364. The first-order chi connectivity index (χ1) is 12.0. The molecule has 0 aliphatic heterocycles. The van der Waals surface area contributed by atoms with Gasteiger partial charge in [-0.2, -0.15) is 8.78 Å². The zero-order valence-corrected chi connectivity index (χ0v) is 14.0. The van der Waals surface area contributed by atoms with Gasteiger partial charge in [-0.1, -0.05) is 6.42 Å². The molecule has 1 aromatic rings. The van der Waals surface area contributed by atoms with Gasteiger partial charge < -0.3 is 14.8 Å². The first-order valence-electron chi connectivity index (χ1n) is 8.45. The molecule has 5 nitrogen and oxygen atoms in total. The number of hydrogen-bond acceptors (Lipinski definition) is 4. The van der Waals surface area contributed by atoms with Crippen LogP contribution in [0.5, 0.6) is 11.5 Å². The van der Waals surface area contributed by atoms with E-state index in [1.54, 1.807) is 6.07 Å². The van der Waals surface area contributed by atoms with Crippen molar-refractivity contribution in [1.29, 1.82) is 0 Å². The molecule has 0 radical (unpaired) electrons. The maximum Gasteiger partial charge on any atom is 0.387 e. The molecule has 1 N–H and O–H groups in total. The Bertz CT molecular complexity index is 648. The van der Waals surface area contributed by atoms with Crippen molar-refractivity contribution in [1.82, 2.24) is 0 Å². The van der Waals surface area contributed by atoms with Gasteiger partial charge in [0.25, 0.3) is 0 Å². The van der Waals surface area contributed by atoms with E-state index in [2.05, 4.69) is 10.1 Å². The van der Waals surface area contributed by atoms with Crippen molar-refractivity contribution in [2.24, 2.45) is 17.8 Å². The first-order valence-corrected chi connectivity index (χ1v) is 8.45. The molecule has 1 amide bonds. The quantitative estimate of drug-likeness (QED) is 0.878. The number of carbonyl (C=O) groups excluding carboxylic acids is 2. The predicted molar refractivity (Wildman–Crippen MR) is 86.8 cm³/mol. The number of amides is 1. The van der Waals surface area contributed by atoms with Crippen LogP contribution < -0.4 is 14.8 Å². The summed E-state index contributed by atoms with van der Waals surface area (Å²) in [6, 6.07) is 4.36. The summed E-state index contributed by atoms with van der Waals surface area (Å²) >= 11 is 0. The lowest BCUT2D eigenvalue weighted by Crippen LogP contribution is -2.40. The minimum atomic E-state index is -2.98. The average molecular weight is 353 g/mol. The van der Waals surface area contributed by atoms with E-state index in [1.807, 2.05) is 0 Å². The van der Waals surface area contributed by atoms with Crippen molar-refractivity contribution in [3.05, 3.63) is 18.2 Å². The maximum atomic E-state index is 12.6. The summed E-state index contributed by atoms with van der Waals surface area (Å²) in [6.45, 7) is -2.98. The number of ether oxygens (including phenoxy) is 2. The monoisotopic (exact) mass is 353 g/mol. The molecule has 2 fully saturated rings. The molecule has 2 aliphatic carbocycles. The molecule has 0 aromatic heterocycles. The van der Waals surface area contributed by atoms with E-state index in [0.717, 1.165) is 19.3 Å². The molecule has 0 saturated heterocycles. The zero-order valence-electron chi connectivity index (χ0n) is 14.0. The van der Waals surface area contributed by atoms with E-state index in [4.69, 9.17) is 4.74 Å². The second-order valence-electron chi connectivity index (χ2n) is 6.63. The van der Waals surface area contributed by atoms with Gasteiger partial charge in [0.15, 0.2) is 11.5 Å². The largest absolute Gasteiger partial charge is 0.493 e. The molecular weight excluding hydrogens is 332 g/mol. The van der Waals surface area contributed by atoms with Gasteiger partial charge in [0.05, 0.1) is 7.11 Å². The van der Waals surface area contributed by atoms with Gasteiger partial charge in [0.2, 0.25) is 5.91 Å². The van der Waals surface area contributed by atoms with Gasteiger partial charge in [-0.05, 0) is 37.8 Å². The van der Waals surface area contributed by atoms with Gasteiger partial charge in [0, 0.05) is 29.5 Å². The number of ketones is 1. The van der Waals surface area contributed by atoms with Crippen LogP contribution in [0, 0.1) is 17.8 Å². The molecule has 136 valence electrons. The van der Waals surface area contributed by atoms with Gasteiger partial charge in [-0.25, -0.2) is 0 Å². The number of anilines is 1. The Balaban J connectivity index is 1.69. The van der Waals surface area contributed by atoms with Gasteiger partial charge in [0.1, 0.15) is 5.78 Å². The number of hydrogen-bond donors (Lipinski definition) is 1. The minimum Gasteiger partial charge on any atom is -0.493 e. The lowest BCUT2D eigenvalue weighted by atomic mass is 9.67. The summed E-state index contributed by atoms with van der Waals surface area (Å²) in [4.78, 5) is 24.7. The molecule has 2 saturated carbocycles. The molecule has 25 heavy (non-hydrogen) atoms. The Hall–Kier alpha value is -2.18. The van der Waals surface area contributed by atoms with E-state index in [-0.39, 0.29) is 35.2 Å². The number of Topliss-reactive ketones (excluding diaryl/α,β-unsaturated/α-hetero) is 1. The van der Waals surface area contributed by atoms with Crippen LogP contribution in [0.25, 0.3) is 0 Å². The molecule has 3 rings (SSSR count). The lowest BCUT2D eigenvalue weighted by molar-refractivity contribution is -0.136. The third-order valence-electron chi connectivity index (χ3n) is 5.07. The fourth-order valence-electron chi connectivity index (χ4n) is 3.88. The van der Waals surface area contributed by atoms with Crippen molar-refractivity contribution in [2.75, 3.05) is 12.4 Å². The van der Waals surface area contributed by atoms with E-state index < -0.39 is 6.61 Å². The van der Waals surface area contributed by atoms with Crippen LogP contribution >= 0.6 is 0 Å². The van der Waals surface area contributed by atoms with Crippen molar-refractivity contribution < 1.29 is 27.8 Å². The predicted octanol–water partition coefficient (Wildman–Crippen LogP) is 3.63. The van der Waals surface area contributed by atoms with Crippen LogP contribution in [-0.2, 0) is 9.59 Å².